The molecule has 1 N–H and O–H groups in total. The molecule has 2 rings (SSSR count). The monoisotopic (exact) mass is 339 g/mol. The average molecular weight is 340 g/mol. The van der Waals surface area contributed by atoms with Gasteiger partial charge in [-0.15, -0.1) is 0 Å². The van der Waals surface area contributed by atoms with Crippen molar-refractivity contribution in [1.29, 1.82) is 0 Å². The number of hydrogen-bond acceptors (Lipinski definition) is 4. The standard InChI is InChI=1S/C15H18BrNO3/c1-10(13-5-4-6-20-13)17-9-11-7-14(18-2)15(19-3)8-12(11)16/h4-8,10,17H,9H2,1-3H3. The van der Waals surface area contributed by atoms with Gasteiger partial charge >= 0.3 is 0 Å². The van der Waals surface area contributed by atoms with Crippen molar-refractivity contribution < 1.29 is 13.9 Å². The molecule has 20 heavy (non-hydrogen) atoms. The number of hydrogen-bond donors (Lipinski definition) is 1. The second-order valence-corrected chi connectivity index (χ2v) is 5.27. The molecule has 5 heteroatoms. The van der Waals surface area contributed by atoms with Gasteiger partial charge in [0.15, 0.2) is 11.5 Å². The van der Waals surface area contributed by atoms with Gasteiger partial charge in [0.05, 0.1) is 26.5 Å². The van der Waals surface area contributed by atoms with Crippen molar-refractivity contribution in [2.45, 2.75) is 19.5 Å². The number of halogens is 1. The number of ether oxygens (including phenoxy) is 2. The fourth-order valence-electron chi connectivity index (χ4n) is 1.93. The van der Waals surface area contributed by atoms with Crippen LogP contribution in [0.3, 0.4) is 0 Å². The Morgan fingerprint density at radius 1 is 1.25 bits per heavy atom. The molecule has 0 aliphatic rings. The van der Waals surface area contributed by atoms with Crippen LogP contribution in [0, 0.1) is 0 Å². The first-order chi connectivity index (χ1) is 9.65. The molecule has 0 aliphatic heterocycles. The minimum Gasteiger partial charge on any atom is -0.493 e. The van der Waals surface area contributed by atoms with Gasteiger partial charge in [0.1, 0.15) is 5.76 Å². The smallest absolute Gasteiger partial charge is 0.161 e. The van der Waals surface area contributed by atoms with Gasteiger partial charge in [-0.25, -0.2) is 0 Å². The van der Waals surface area contributed by atoms with E-state index in [1.54, 1.807) is 20.5 Å². The van der Waals surface area contributed by atoms with Crippen molar-refractivity contribution in [2.24, 2.45) is 0 Å². The molecule has 1 aromatic carbocycles. The first-order valence-corrected chi connectivity index (χ1v) is 7.12. The highest BCUT2D eigenvalue weighted by atomic mass is 79.9. The lowest BCUT2D eigenvalue weighted by molar-refractivity contribution is 0.354. The quantitative estimate of drug-likeness (QED) is 0.866. The van der Waals surface area contributed by atoms with Crippen LogP contribution in [0.2, 0.25) is 0 Å². The lowest BCUT2D eigenvalue weighted by Crippen LogP contribution is -2.18. The molecule has 1 heterocycles. The minimum absolute atomic E-state index is 0.144. The summed E-state index contributed by atoms with van der Waals surface area (Å²) < 4.78 is 16.9. The highest BCUT2D eigenvalue weighted by Crippen LogP contribution is 2.33. The van der Waals surface area contributed by atoms with E-state index in [4.69, 9.17) is 13.9 Å². The molecule has 0 saturated heterocycles. The minimum atomic E-state index is 0.144. The zero-order chi connectivity index (χ0) is 14.5. The van der Waals surface area contributed by atoms with E-state index in [0.717, 1.165) is 21.5 Å². The molecule has 0 bridgehead atoms. The maximum absolute atomic E-state index is 5.38. The van der Waals surface area contributed by atoms with Gasteiger partial charge in [0.2, 0.25) is 0 Å². The van der Waals surface area contributed by atoms with E-state index in [1.807, 2.05) is 24.3 Å². The van der Waals surface area contributed by atoms with Crippen LogP contribution in [0.4, 0.5) is 0 Å². The van der Waals surface area contributed by atoms with Gasteiger partial charge in [-0.05, 0) is 36.8 Å². The van der Waals surface area contributed by atoms with Crippen LogP contribution >= 0.6 is 15.9 Å². The van der Waals surface area contributed by atoms with Gasteiger partial charge in [-0.2, -0.15) is 0 Å². The normalized spacial score (nSPS) is 12.2. The largest absolute Gasteiger partial charge is 0.493 e. The van der Waals surface area contributed by atoms with Crippen molar-refractivity contribution in [3.05, 3.63) is 46.3 Å². The molecule has 1 unspecified atom stereocenters. The molecule has 0 amide bonds. The van der Waals surface area contributed by atoms with Gasteiger partial charge in [-0.3, -0.25) is 0 Å². The van der Waals surface area contributed by atoms with Crippen LogP contribution in [0.5, 0.6) is 11.5 Å². The first kappa shape index (κ1) is 14.9. The van der Waals surface area contributed by atoms with Crippen LogP contribution in [0.25, 0.3) is 0 Å². The molecule has 4 nitrogen and oxygen atoms in total. The van der Waals surface area contributed by atoms with E-state index in [1.165, 1.54) is 0 Å². The number of nitrogens with one attached hydrogen (secondary N) is 1. The molecular weight excluding hydrogens is 322 g/mol. The topological polar surface area (TPSA) is 43.6 Å². The van der Waals surface area contributed by atoms with E-state index >= 15 is 0 Å². The van der Waals surface area contributed by atoms with Gasteiger partial charge in [0.25, 0.3) is 0 Å². The number of furan rings is 1. The Kier molecular flexibility index (Phi) is 5.09. The maximum Gasteiger partial charge on any atom is 0.161 e. The zero-order valence-corrected chi connectivity index (χ0v) is 13.4. The summed E-state index contributed by atoms with van der Waals surface area (Å²) in [4.78, 5) is 0. The Bertz CT molecular complexity index is 554. The third-order valence-electron chi connectivity index (χ3n) is 3.12. The molecule has 0 aliphatic carbocycles. The Hall–Kier alpha value is -1.46. The summed E-state index contributed by atoms with van der Waals surface area (Å²) in [6.07, 6.45) is 1.68. The molecule has 0 spiro atoms. The maximum atomic E-state index is 5.38. The Labute approximate surface area is 127 Å². The predicted octanol–water partition coefficient (Wildman–Crippen LogP) is 3.91. The van der Waals surface area contributed by atoms with Crippen LogP contribution in [-0.2, 0) is 6.54 Å². The van der Waals surface area contributed by atoms with Crippen LogP contribution in [0.15, 0.2) is 39.4 Å². The van der Waals surface area contributed by atoms with E-state index < -0.39 is 0 Å². The first-order valence-electron chi connectivity index (χ1n) is 6.33. The van der Waals surface area contributed by atoms with Crippen molar-refractivity contribution in [3.8, 4) is 11.5 Å². The van der Waals surface area contributed by atoms with Gasteiger partial charge < -0.3 is 19.2 Å². The lowest BCUT2D eigenvalue weighted by atomic mass is 10.1. The van der Waals surface area contributed by atoms with Gasteiger partial charge in [-0.1, -0.05) is 15.9 Å². The summed E-state index contributed by atoms with van der Waals surface area (Å²) in [6, 6.07) is 7.87. The molecule has 108 valence electrons. The van der Waals surface area contributed by atoms with Crippen molar-refractivity contribution in [1.82, 2.24) is 5.32 Å². The highest BCUT2D eigenvalue weighted by Gasteiger charge is 2.12. The van der Waals surface area contributed by atoms with Gasteiger partial charge in [0, 0.05) is 11.0 Å². The van der Waals surface area contributed by atoms with Crippen molar-refractivity contribution >= 4 is 15.9 Å². The number of benzene rings is 1. The summed E-state index contributed by atoms with van der Waals surface area (Å²) in [7, 11) is 3.26. The van der Waals surface area contributed by atoms with E-state index in [9.17, 15) is 0 Å². The molecule has 0 saturated carbocycles. The summed E-state index contributed by atoms with van der Waals surface area (Å²) in [5.41, 5.74) is 1.10. The highest BCUT2D eigenvalue weighted by molar-refractivity contribution is 9.10. The van der Waals surface area contributed by atoms with E-state index in [0.29, 0.717) is 12.3 Å². The number of rotatable bonds is 6. The molecule has 1 aromatic heterocycles. The summed E-state index contributed by atoms with van der Waals surface area (Å²) in [6.45, 7) is 2.76. The molecular formula is C15H18BrNO3. The summed E-state index contributed by atoms with van der Waals surface area (Å²) in [5.74, 6) is 2.35. The molecule has 1 atom stereocenters. The predicted molar refractivity (Wildman–Crippen MR) is 81.2 cm³/mol. The van der Waals surface area contributed by atoms with Crippen LogP contribution < -0.4 is 14.8 Å². The third kappa shape index (κ3) is 3.35. The number of methoxy groups -OCH3 is 2. The van der Waals surface area contributed by atoms with Crippen molar-refractivity contribution in [2.75, 3.05) is 14.2 Å². The Morgan fingerprint density at radius 3 is 2.55 bits per heavy atom. The lowest BCUT2D eigenvalue weighted by Gasteiger charge is -2.15. The zero-order valence-electron chi connectivity index (χ0n) is 11.8. The molecule has 0 fully saturated rings. The average Bonchev–Trinajstić information content (AvgIpc) is 2.99. The van der Waals surface area contributed by atoms with E-state index in [2.05, 4.69) is 28.2 Å². The Morgan fingerprint density at radius 2 is 1.95 bits per heavy atom. The SMILES string of the molecule is COc1cc(Br)c(CNC(C)c2ccco2)cc1OC. The second-order valence-electron chi connectivity index (χ2n) is 4.42. The van der Waals surface area contributed by atoms with Crippen LogP contribution in [0.1, 0.15) is 24.3 Å². The van der Waals surface area contributed by atoms with Crippen LogP contribution in [-0.4, -0.2) is 14.2 Å². The third-order valence-corrected chi connectivity index (χ3v) is 3.86. The summed E-state index contributed by atoms with van der Waals surface area (Å²) in [5, 5.41) is 3.41. The molecule has 2 aromatic rings. The Balaban J connectivity index is 2.09. The fraction of sp³-hybridized carbons (Fsp3) is 0.333. The molecule has 0 radical (unpaired) electrons. The van der Waals surface area contributed by atoms with Crippen molar-refractivity contribution in [3.63, 3.8) is 0 Å². The second kappa shape index (κ2) is 6.81. The van der Waals surface area contributed by atoms with E-state index in [-0.39, 0.29) is 6.04 Å². The summed E-state index contributed by atoms with van der Waals surface area (Å²) >= 11 is 3.55. The fourth-order valence-corrected chi connectivity index (χ4v) is 2.40.